The van der Waals surface area contributed by atoms with Crippen LogP contribution < -0.4 is 4.57 Å². The van der Waals surface area contributed by atoms with Crippen LogP contribution in [-0.2, 0) is 7.05 Å². The molecule has 2 rings (SSSR count). The summed E-state index contributed by atoms with van der Waals surface area (Å²) in [5.74, 6) is 0. The Bertz CT molecular complexity index is 367. The van der Waals surface area contributed by atoms with E-state index in [0.29, 0.717) is 0 Å². The van der Waals surface area contributed by atoms with Crippen molar-refractivity contribution in [3.8, 4) is 10.4 Å². The van der Waals surface area contributed by atoms with Crippen molar-refractivity contribution in [1.82, 2.24) is 4.98 Å². The Morgan fingerprint density at radius 3 is 2.67 bits per heavy atom. The van der Waals surface area contributed by atoms with Crippen LogP contribution in [0.15, 0.2) is 36.2 Å². The molecule has 0 atom stereocenters. The molecule has 0 bridgehead atoms. The smallest absolute Gasteiger partial charge is 0.225 e. The molecule has 0 aliphatic heterocycles. The normalized spacial score (nSPS) is 10.1. The van der Waals surface area contributed by atoms with E-state index in [4.69, 9.17) is 0 Å². The summed E-state index contributed by atoms with van der Waals surface area (Å²) in [6.45, 7) is 0. The van der Waals surface area contributed by atoms with Crippen LogP contribution in [0.3, 0.4) is 0 Å². The molecule has 0 aliphatic carbocycles. The van der Waals surface area contributed by atoms with Crippen molar-refractivity contribution in [2.24, 2.45) is 7.05 Å². The maximum atomic E-state index is 3.98. The van der Waals surface area contributed by atoms with Crippen molar-refractivity contribution in [3.05, 3.63) is 36.2 Å². The third-order valence-electron chi connectivity index (χ3n) is 1.63. The maximum absolute atomic E-state index is 3.98. The molecule has 3 heteroatoms. The fourth-order valence-electron chi connectivity index (χ4n) is 1.04. The second-order valence-corrected chi connectivity index (χ2v) is 3.50. The van der Waals surface area contributed by atoms with Crippen LogP contribution >= 0.6 is 11.3 Å². The highest BCUT2D eigenvalue weighted by molar-refractivity contribution is 7.12. The van der Waals surface area contributed by atoms with Crippen LogP contribution in [0.5, 0.6) is 0 Å². The minimum absolute atomic E-state index is 1.23. The molecule has 0 aliphatic rings. The highest BCUT2D eigenvalue weighted by Gasteiger charge is 2.03. The van der Waals surface area contributed by atoms with Crippen molar-refractivity contribution < 1.29 is 4.57 Å². The molecular formula is C9H9N2S+. The number of hydrogen-bond donors (Lipinski definition) is 0. The first-order valence-corrected chi connectivity index (χ1v) is 4.58. The molecule has 0 aromatic carbocycles. The van der Waals surface area contributed by atoms with Crippen LogP contribution in [0, 0.1) is 0 Å². The van der Waals surface area contributed by atoms with Gasteiger partial charge in [-0.1, -0.05) is 11.3 Å². The van der Waals surface area contributed by atoms with Gasteiger partial charge >= 0.3 is 0 Å². The summed E-state index contributed by atoms with van der Waals surface area (Å²) in [6.07, 6.45) is 5.74. The fourth-order valence-corrected chi connectivity index (χ4v) is 1.88. The lowest BCUT2D eigenvalue weighted by atomic mass is 10.2. The van der Waals surface area contributed by atoms with Gasteiger partial charge in [-0.2, -0.15) is 4.57 Å². The van der Waals surface area contributed by atoms with Gasteiger partial charge in [-0.05, 0) is 12.1 Å². The second-order valence-electron chi connectivity index (χ2n) is 2.62. The lowest BCUT2D eigenvalue weighted by Crippen LogP contribution is -2.22. The van der Waals surface area contributed by atoms with E-state index in [-0.39, 0.29) is 0 Å². The molecule has 2 aromatic heterocycles. The third kappa shape index (κ3) is 1.36. The summed E-state index contributed by atoms with van der Waals surface area (Å²) in [6, 6.07) is 4.04. The van der Waals surface area contributed by atoms with Crippen molar-refractivity contribution in [1.29, 1.82) is 0 Å². The number of nitrogens with zero attached hydrogens (tertiary/aromatic N) is 2. The first-order valence-electron chi connectivity index (χ1n) is 3.70. The standard InChI is InChI=1S/C9H9N2S/c1-11-6-9(12-7-11)8-2-4-10-5-3-8/h2-7H,1H3/q+1. The van der Waals surface area contributed by atoms with Gasteiger partial charge in [0.1, 0.15) is 11.9 Å². The topological polar surface area (TPSA) is 16.8 Å². The van der Waals surface area contributed by atoms with E-state index >= 15 is 0 Å². The predicted molar refractivity (Wildman–Crippen MR) is 48.7 cm³/mol. The minimum atomic E-state index is 1.23. The Morgan fingerprint density at radius 2 is 2.08 bits per heavy atom. The Morgan fingerprint density at radius 1 is 1.33 bits per heavy atom. The van der Waals surface area contributed by atoms with Crippen LogP contribution in [0.2, 0.25) is 0 Å². The molecule has 0 unspecified atom stereocenters. The second kappa shape index (κ2) is 3.03. The lowest BCUT2D eigenvalue weighted by Gasteiger charge is -1.89. The Labute approximate surface area is 75.1 Å². The SMILES string of the molecule is C[n+]1csc(-c2ccncc2)c1. The molecule has 60 valence electrons. The monoisotopic (exact) mass is 177 g/mol. The largest absolute Gasteiger partial charge is 0.265 e. The molecule has 0 saturated heterocycles. The van der Waals surface area contributed by atoms with Gasteiger partial charge in [0.05, 0.1) is 0 Å². The molecule has 0 N–H and O–H groups in total. The molecule has 0 spiro atoms. The van der Waals surface area contributed by atoms with E-state index in [9.17, 15) is 0 Å². The summed E-state index contributed by atoms with van der Waals surface area (Å²) < 4.78 is 2.06. The molecule has 0 amide bonds. The van der Waals surface area contributed by atoms with E-state index in [1.807, 2.05) is 31.6 Å². The fraction of sp³-hybridized carbons (Fsp3) is 0.111. The van der Waals surface area contributed by atoms with Crippen LogP contribution in [0.4, 0.5) is 0 Å². The van der Waals surface area contributed by atoms with Gasteiger partial charge in [0, 0.05) is 18.0 Å². The molecule has 2 nitrogen and oxygen atoms in total. The number of aromatic nitrogens is 2. The van der Waals surface area contributed by atoms with Crippen LogP contribution in [0.25, 0.3) is 10.4 Å². The van der Waals surface area contributed by atoms with Gasteiger partial charge in [-0.3, -0.25) is 4.98 Å². The van der Waals surface area contributed by atoms with E-state index in [2.05, 4.69) is 21.3 Å². The van der Waals surface area contributed by atoms with Gasteiger partial charge in [-0.15, -0.1) is 0 Å². The number of hydrogen-bond acceptors (Lipinski definition) is 2. The Kier molecular flexibility index (Phi) is 1.87. The van der Waals surface area contributed by atoms with Crippen LogP contribution in [0.1, 0.15) is 0 Å². The summed E-state index contributed by atoms with van der Waals surface area (Å²) in [5.41, 5.74) is 3.31. The molecule has 2 aromatic rings. The number of thiazole rings is 1. The predicted octanol–water partition coefficient (Wildman–Crippen LogP) is 1.63. The van der Waals surface area contributed by atoms with Crippen molar-refractivity contribution in [2.75, 3.05) is 0 Å². The van der Waals surface area contributed by atoms with Gasteiger partial charge in [0.2, 0.25) is 5.51 Å². The number of rotatable bonds is 1. The molecule has 0 radical (unpaired) electrons. The van der Waals surface area contributed by atoms with E-state index in [1.165, 1.54) is 10.4 Å². The summed E-state index contributed by atoms with van der Waals surface area (Å²) in [7, 11) is 2.03. The van der Waals surface area contributed by atoms with Gasteiger partial charge in [0.25, 0.3) is 0 Å². The zero-order valence-electron chi connectivity index (χ0n) is 6.77. The first-order chi connectivity index (χ1) is 5.86. The third-order valence-corrected chi connectivity index (χ3v) is 2.66. The zero-order valence-corrected chi connectivity index (χ0v) is 7.58. The van der Waals surface area contributed by atoms with E-state index in [0.717, 1.165) is 0 Å². The molecule has 0 saturated carbocycles. The summed E-state index contributed by atoms with van der Waals surface area (Å²) in [4.78, 5) is 5.25. The first kappa shape index (κ1) is 7.43. The molecule has 2 heterocycles. The average Bonchev–Trinajstić information content (AvgIpc) is 2.54. The molecule has 12 heavy (non-hydrogen) atoms. The minimum Gasteiger partial charge on any atom is -0.265 e. The van der Waals surface area contributed by atoms with Crippen molar-refractivity contribution in [3.63, 3.8) is 0 Å². The highest BCUT2D eigenvalue weighted by Crippen LogP contribution is 2.20. The molecule has 0 fully saturated rings. The van der Waals surface area contributed by atoms with Gasteiger partial charge < -0.3 is 0 Å². The van der Waals surface area contributed by atoms with E-state index in [1.54, 1.807) is 11.3 Å². The number of pyridine rings is 1. The quantitative estimate of drug-likeness (QED) is 0.605. The van der Waals surface area contributed by atoms with Gasteiger partial charge in [0.15, 0.2) is 6.20 Å². The Balaban J connectivity index is 2.45. The average molecular weight is 177 g/mol. The highest BCUT2D eigenvalue weighted by atomic mass is 32.1. The maximum Gasteiger partial charge on any atom is 0.225 e. The zero-order chi connectivity index (χ0) is 8.39. The van der Waals surface area contributed by atoms with Crippen molar-refractivity contribution >= 4 is 11.3 Å². The summed E-state index contributed by atoms with van der Waals surface area (Å²) in [5, 5.41) is 0. The lowest BCUT2D eigenvalue weighted by molar-refractivity contribution is -0.666. The number of aryl methyl sites for hydroxylation is 1. The van der Waals surface area contributed by atoms with E-state index < -0.39 is 0 Å². The Hall–Kier alpha value is -1.22. The van der Waals surface area contributed by atoms with Crippen LogP contribution in [-0.4, -0.2) is 4.98 Å². The summed E-state index contributed by atoms with van der Waals surface area (Å²) >= 11 is 1.74. The van der Waals surface area contributed by atoms with Crippen molar-refractivity contribution in [2.45, 2.75) is 0 Å². The van der Waals surface area contributed by atoms with Gasteiger partial charge in [-0.25, -0.2) is 0 Å². The molecular weight excluding hydrogens is 168 g/mol.